The number of carbonyl (C=O) groups is 1. The zero-order chi connectivity index (χ0) is 14.5. The molecule has 0 radical (unpaired) electrons. The average molecular weight is 314 g/mol. The van der Waals surface area contributed by atoms with E-state index >= 15 is 0 Å². The third kappa shape index (κ3) is 4.49. The Morgan fingerprint density at radius 2 is 1.90 bits per heavy atom. The predicted molar refractivity (Wildman–Crippen MR) is 82.7 cm³/mol. The van der Waals surface area contributed by atoms with Crippen LogP contribution in [0.4, 0.5) is 0 Å². The fourth-order valence-corrected chi connectivity index (χ4v) is 2.21. The number of benzene rings is 1. The Morgan fingerprint density at radius 3 is 2.55 bits per heavy atom. The minimum atomic E-state index is -0.138. The maximum absolute atomic E-state index is 11.8. The van der Waals surface area contributed by atoms with Gasteiger partial charge in [-0.15, -0.1) is 0 Å². The molecule has 0 atom stereocenters. The summed E-state index contributed by atoms with van der Waals surface area (Å²) < 4.78 is 0. The molecule has 0 unspecified atom stereocenters. The molecule has 108 valence electrons. The molecule has 1 aliphatic rings. The van der Waals surface area contributed by atoms with Gasteiger partial charge in [0, 0.05) is 32.3 Å². The molecule has 0 bridgehead atoms. The van der Waals surface area contributed by atoms with Crippen molar-refractivity contribution in [3.63, 3.8) is 0 Å². The number of likely N-dealkylation sites (N-methyl/N-ethyl adjacent to an activating group) is 1. The number of rotatable bonds is 3. The summed E-state index contributed by atoms with van der Waals surface area (Å²) in [4.78, 5) is 14.0. The minimum absolute atomic E-state index is 0.138. The highest BCUT2D eigenvalue weighted by molar-refractivity contribution is 6.42. The molecular weight excluding hydrogens is 297 g/mol. The van der Waals surface area contributed by atoms with Crippen molar-refractivity contribution in [2.45, 2.75) is 0 Å². The SMILES string of the molecule is CN1CCN(NC(=O)/C=C/c2ccc(Cl)c(Cl)c2)CC1. The zero-order valence-corrected chi connectivity index (χ0v) is 12.8. The molecule has 1 amide bonds. The summed E-state index contributed by atoms with van der Waals surface area (Å²) in [6.07, 6.45) is 3.21. The Hall–Kier alpha value is -1.07. The second-order valence-corrected chi connectivity index (χ2v) is 5.59. The number of halogens is 2. The Bertz CT molecular complexity index is 511. The third-order valence-electron chi connectivity index (χ3n) is 3.14. The molecule has 20 heavy (non-hydrogen) atoms. The lowest BCUT2D eigenvalue weighted by Gasteiger charge is -2.31. The van der Waals surface area contributed by atoms with Crippen LogP contribution in [0, 0.1) is 0 Å². The minimum Gasteiger partial charge on any atom is -0.304 e. The molecule has 0 aliphatic carbocycles. The Labute approximate surface area is 128 Å². The highest BCUT2D eigenvalue weighted by Gasteiger charge is 2.14. The van der Waals surface area contributed by atoms with Crippen LogP contribution in [0.5, 0.6) is 0 Å². The quantitative estimate of drug-likeness (QED) is 0.870. The Kier molecular flexibility index (Phi) is 5.43. The number of hydrogen-bond acceptors (Lipinski definition) is 3. The fraction of sp³-hybridized carbons (Fsp3) is 0.357. The first-order valence-corrected chi connectivity index (χ1v) is 7.17. The van der Waals surface area contributed by atoms with E-state index < -0.39 is 0 Å². The van der Waals surface area contributed by atoms with Crippen molar-refractivity contribution in [1.29, 1.82) is 0 Å². The van der Waals surface area contributed by atoms with Crippen molar-refractivity contribution in [1.82, 2.24) is 15.3 Å². The van der Waals surface area contributed by atoms with Crippen molar-refractivity contribution >= 4 is 35.2 Å². The van der Waals surface area contributed by atoms with Gasteiger partial charge in [0.2, 0.25) is 0 Å². The third-order valence-corrected chi connectivity index (χ3v) is 3.88. The van der Waals surface area contributed by atoms with Gasteiger partial charge < -0.3 is 4.90 Å². The molecule has 6 heteroatoms. The summed E-state index contributed by atoms with van der Waals surface area (Å²) in [5.41, 5.74) is 3.70. The molecule has 0 saturated carbocycles. The normalized spacial score (nSPS) is 17.6. The largest absolute Gasteiger partial charge is 0.304 e. The van der Waals surface area contributed by atoms with Gasteiger partial charge >= 0.3 is 0 Å². The molecule has 1 saturated heterocycles. The van der Waals surface area contributed by atoms with Crippen LogP contribution in [0.1, 0.15) is 5.56 Å². The summed E-state index contributed by atoms with van der Waals surface area (Å²) in [6.45, 7) is 3.58. The van der Waals surface area contributed by atoms with Gasteiger partial charge in [-0.2, -0.15) is 0 Å². The van der Waals surface area contributed by atoms with E-state index in [1.807, 2.05) is 11.1 Å². The van der Waals surface area contributed by atoms with E-state index in [-0.39, 0.29) is 5.91 Å². The Balaban J connectivity index is 1.87. The monoisotopic (exact) mass is 313 g/mol. The number of piperazine rings is 1. The van der Waals surface area contributed by atoms with Gasteiger partial charge in [-0.05, 0) is 30.8 Å². The van der Waals surface area contributed by atoms with Crippen LogP contribution < -0.4 is 5.43 Å². The van der Waals surface area contributed by atoms with Crippen molar-refractivity contribution in [3.05, 3.63) is 39.9 Å². The first kappa shape index (κ1) is 15.3. The summed E-state index contributed by atoms with van der Waals surface area (Å²) >= 11 is 11.8. The van der Waals surface area contributed by atoms with Crippen molar-refractivity contribution < 1.29 is 4.79 Å². The van der Waals surface area contributed by atoms with Gasteiger partial charge in [0.1, 0.15) is 0 Å². The molecule has 1 N–H and O–H groups in total. The first-order valence-electron chi connectivity index (χ1n) is 6.42. The van der Waals surface area contributed by atoms with Crippen LogP contribution >= 0.6 is 23.2 Å². The van der Waals surface area contributed by atoms with Gasteiger partial charge in [-0.3, -0.25) is 10.2 Å². The standard InChI is InChI=1S/C14H17Cl2N3O/c1-18-6-8-19(9-7-18)17-14(20)5-3-11-2-4-12(15)13(16)10-11/h2-5,10H,6-9H2,1H3,(H,17,20)/b5-3+. The summed E-state index contributed by atoms with van der Waals surface area (Å²) in [6, 6.07) is 5.25. The van der Waals surface area contributed by atoms with Crippen molar-refractivity contribution in [2.75, 3.05) is 33.2 Å². The van der Waals surface area contributed by atoms with Crippen molar-refractivity contribution in [2.24, 2.45) is 0 Å². The highest BCUT2D eigenvalue weighted by atomic mass is 35.5. The van der Waals surface area contributed by atoms with Gasteiger partial charge in [0.15, 0.2) is 0 Å². The topological polar surface area (TPSA) is 35.6 Å². The number of carbonyl (C=O) groups excluding carboxylic acids is 1. The lowest BCUT2D eigenvalue weighted by molar-refractivity contribution is -0.121. The van der Waals surface area contributed by atoms with Gasteiger partial charge in [0.25, 0.3) is 5.91 Å². The van der Waals surface area contributed by atoms with E-state index in [1.54, 1.807) is 18.2 Å². The van der Waals surface area contributed by atoms with Crippen LogP contribution in [0.15, 0.2) is 24.3 Å². The maximum atomic E-state index is 11.8. The number of amides is 1. The molecule has 1 aliphatic heterocycles. The second-order valence-electron chi connectivity index (χ2n) is 4.77. The number of hydrogen-bond donors (Lipinski definition) is 1. The maximum Gasteiger partial charge on any atom is 0.258 e. The molecule has 1 heterocycles. The van der Waals surface area contributed by atoms with Gasteiger partial charge in [-0.25, -0.2) is 5.01 Å². The van der Waals surface area contributed by atoms with Crippen LogP contribution in [0.2, 0.25) is 10.0 Å². The second kappa shape index (κ2) is 7.09. The zero-order valence-electron chi connectivity index (χ0n) is 11.3. The number of nitrogens with one attached hydrogen (secondary N) is 1. The van der Waals surface area contributed by atoms with E-state index in [1.165, 1.54) is 6.08 Å². The molecule has 0 spiro atoms. The van der Waals surface area contributed by atoms with E-state index in [0.29, 0.717) is 10.0 Å². The predicted octanol–water partition coefficient (Wildman–Crippen LogP) is 2.29. The first-order chi connectivity index (χ1) is 9.54. The van der Waals surface area contributed by atoms with Crippen LogP contribution in [0.3, 0.4) is 0 Å². The molecule has 4 nitrogen and oxygen atoms in total. The lowest BCUT2D eigenvalue weighted by Crippen LogP contribution is -2.52. The van der Waals surface area contributed by atoms with E-state index in [9.17, 15) is 4.79 Å². The Morgan fingerprint density at radius 1 is 1.20 bits per heavy atom. The molecule has 2 rings (SSSR count). The van der Waals surface area contributed by atoms with Crippen LogP contribution in [0.25, 0.3) is 6.08 Å². The van der Waals surface area contributed by atoms with Gasteiger partial charge in [-0.1, -0.05) is 29.3 Å². The van der Waals surface area contributed by atoms with Crippen LogP contribution in [-0.2, 0) is 4.79 Å². The number of hydrazine groups is 1. The van der Waals surface area contributed by atoms with E-state index in [0.717, 1.165) is 31.7 Å². The molecule has 0 aromatic heterocycles. The fourth-order valence-electron chi connectivity index (χ4n) is 1.90. The molecule has 1 fully saturated rings. The molecule has 1 aromatic rings. The molecule has 1 aromatic carbocycles. The van der Waals surface area contributed by atoms with E-state index in [2.05, 4.69) is 17.4 Å². The van der Waals surface area contributed by atoms with Gasteiger partial charge in [0.05, 0.1) is 10.0 Å². The molecular formula is C14H17Cl2N3O. The smallest absolute Gasteiger partial charge is 0.258 e. The average Bonchev–Trinajstić information content (AvgIpc) is 2.43. The van der Waals surface area contributed by atoms with E-state index in [4.69, 9.17) is 23.2 Å². The summed E-state index contributed by atoms with van der Waals surface area (Å²) in [7, 11) is 2.07. The lowest BCUT2D eigenvalue weighted by atomic mass is 10.2. The highest BCUT2D eigenvalue weighted by Crippen LogP contribution is 2.23. The number of nitrogens with zero attached hydrogens (tertiary/aromatic N) is 2. The summed E-state index contributed by atoms with van der Waals surface area (Å²) in [5.74, 6) is -0.138. The summed E-state index contributed by atoms with van der Waals surface area (Å²) in [5, 5.41) is 2.92. The van der Waals surface area contributed by atoms with Crippen molar-refractivity contribution in [3.8, 4) is 0 Å². The van der Waals surface area contributed by atoms with Crippen LogP contribution in [-0.4, -0.2) is 49.0 Å².